The summed E-state index contributed by atoms with van der Waals surface area (Å²) in [5.74, 6) is -1.22. The van der Waals surface area contributed by atoms with Crippen molar-refractivity contribution in [1.29, 1.82) is 0 Å². The quantitative estimate of drug-likeness (QED) is 0.793. The van der Waals surface area contributed by atoms with E-state index >= 15 is 0 Å². The first-order valence-electron chi connectivity index (χ1n) is 5.04. The van der Waals surface area contributed by atoms with Crippen LogP contribution in [-0.4, -0.2) is 30.2 Å². The summed E-state index contributed by atoms with van der Waals surface area (Å²) in [5.41, 5.74) is 1.17. The molecule has 0 radical (unpaired) electrons. The predicted molar refractivity (Wildman–Crippen MR) is 63.3 cm³/mol. The van der Waals surface area contributed by atoms with E-state index in [1.54, 1.807) is 19.1 Å². The highest BCUT2D eigenvalue weighted by Gasteiger charge is 2.11. The molecule has 0 aliphatic carbocycles. The Hall–Kier alpha value is -1.63. The summed E-state index contributed by atoms with van der Waals surface area (Å²) < 4.78 is 25.4. The zero-order valence-corrected chi connectivity index (χ0v) is 10.2. The standard InChI is InChI=1S/C10H14N2O4S/c1-8-4-5-9(7-11-8)12-17(15,16)6-2-3-10(13)14/h4-5,7,12H,2-3,6H2,1H3,(H,13,14). The number of aliphatic carboxylic acids is 1. The number of anilines is 1. The lowest BCUT2D eigenvalue weighted by molar-refractivity contribution is -0.137. The molecule has 0 bridgehead atoms. The Bertz CT molecular complexity index is 482. The van der Waals surface area contributed by atoms with Gasteiger partial charge in [-0.25, -0.2) is 8.42 Å². The van der Waals surface area contributed by atoms with E-state index in [0.29, 0.717) is 5.69 Å². The summed E-state index contributed by atoms with van der Waals surface area (Å²) in [7, 11) is -3.50. The van der Waals surface area contributed by atoms with Gasteiger partial charge in [0, 0.05) is 12.1 Å². The van der Waals surface area contributed by atoms with Gasteiger partial charge in [-0.05, 0) is 25.5 Å². The van der Waals surface area contributed by atoms with Gasteiger partial charge in [0.1, 0.15) is 0 Å². The molecule has 0 atom stereocenters. The molecule has 17 heavy (non-hydrogen) atoms. The van der Waals surface area contributed by atoms with Crippen LogP contribution < -0.4 is 4.72 Å². The average Bonchev–Trinajstić information content (AvgIpc) is 2.20. The van der Waals surface area contributed by atoms with E-state index in [-0.39, 0.29) is 18.6 Å². The van der Waals surface area contributed by atoms with Gasteiger partial charge in [0.25, 0.3) is 0 Å². The molecule has 0 aromatic carbocycles. The maximum Gasteiger partial charge on any atom is 0.303 e. The molecule has 0 amide bonds. The minimum Gasteiger partial charge on any atom is -0.481 e. The Morgan fingerprint density at radius 1 is 1.47 bits per heavy atom. The van der Waals surface area contributed by atoms with Crippen molar-refractivity contribution in [2.24, 2.45) is 0 Å². The van der Waals surface area contributed by atoms with E-state index < -0.39 is 16.0 Å². The minimum atomic E-state index is -3.50. The number of nitrogens with zero attached hydrogens (tertiary/aromatic N) is 1. The van der Waals surface area contributed by atoms with Crippen LogP contribution in [0.5, 0.6) is 0 Å². The Balaban J connectivity index is 2.54. The molecule has 0 saturated carbocycles. The van der Waals surface area contributed by atoms with E-state index in [2.05, 4.69) is 9.71 Å². The van der Waals surface area contributed by atoms with Crippen molar-refractivity contribution in [3.63, 3.8) is 0 Å². The summed E-state index contributed by atoms with van der Waals surface area (Å²) in [6.07, 6.45) is 1.35. The van der Waals surface area contributed by atoms with Gasteiger partial charge < -0.3 is 5.11 Å². The Labute approximate surface area is 99.7 Å². The van der Waals surface area contributed by atoms with E-state index in [0.717, 1.165) is 5.69 Å². The number of hydrogen-bond acceptors (Lipinski definition) is 4. The van der Waals surface area contributed by atoms with Crippen LogP contribution in [0.2, 0.25) is 0 Å². The van der Waals surface area contributed by atoms with Gasteiger partial charge in [0.2, 0.25) is 10.0 Å². The summed E-state index contributed by atoms with van der Waals surface area (Å²) in [5, 5.41) is 8.41. The number of carboxylic acid groups (broad SMARTS) is 1. The Kier molecular flexibility index (Phi) is 4.45. The number of carbonyl (C=O) groups is 1. The maximum absolute atomic E-state index is 11.5. The molecule has 0 saturated heterocycles. The summed E-state index contributed by atoms with van der Waals surface area (Å²) in [4.78, 5) is 14.2. The number of pyridine rings is 1. The highest BCUT2D eigenvalue weighted by molar-refractivity contribution is 7.92. The van der Waals surface area contributed by atoms with E-state index in [1.165, 1.54) is 6.20 Å². The topological polar surface area (TPSA) is 96.4 Å². The third kappa shape index (κ3) is 5.30. The van der Waals surface area contributed by atoms with Crippen molar-refractivity contribution in [2.45, 2.75) is 19.8 Å². The lowest BCUT2D eigenvalue weighted by Gasteiger charge is -2.06. The smallest absolute Gasteiger partial charge is 0.303 e. The number of rotatable bonds is 6. The Morgan fingerprint density at radius 2 is 2.18 bits per heavy atom. The van der Waals surface area contributed by atoms with Crippen LogP contribution in [0.3, 0.4) is 0 Å². The minimum absolute atomic E-state index is 0.0873. The van der Waals surface area contributed by atoms with Crippen molar-refractivity contribution in [1.82, 2.24) is 4.98 Å². The third-order valence-electron chi connectivity index (χ3n) is 1.99. The first-order chi connectivity index (χ1) is 7.89. The average molecular weight is 258 g/mol. The second-order valence-corrected chi connectivity index (χ2v) is 5.45. The molecule has 1 aromatic rings. The molecule has 0 unspecified atom stereocenters. The third-order valence-corrected chi connectivity index (χ3v) is 3.36. The van der Waals surface area contributed by atoms with E-state index in [4.69, 9.17) is 5.11 Å². The van der Waals surface area contributed by atoms with Crippen molar-refractivity contribution in [3.8, 4) is 0 Å². The molecule has 0 fully saturated rings. The fourth-order valence-electron chi connectivity index (χ4n) is 1.17. The molecule has 0 aliphatic rings. The first kappa shape index (κ1) is 13.4. The largest absolute Gasteiger partial charge is 0.481 e. The molecule has 6 nitrogen and oxygen atoms in total. The normalized spacial score (nSPS) is 11.1. The van der Waals surface area contributed by atoms with Crippen molar-refractivity contribution >= 4 is 21.7 Å². The SMILES string of the molecule is Cc1ccc(NS(=O)(=O)CCCC(=O)O)cn1. The highest BCUT2D eigenvalue weighted by atomic mass is 32.2. The van der Waals surface area contributed by atoms with Crippen LogP contribution in [0.1, 0.15) is 18.5 Å². The van der Waals surface area contributed by atoms with Crippen molar-refractivity contribution in [3.05, 3.63) is 24.0 Å². The fourth-order valence-corrected chi connectivity index (χ4v) is 2.28. The number of nitrogens with one attached hydrogen (secondary N) is 1. The number of sulfonamides is 1. The molecule has 1 aromatic heterocycles. The molecule has 7 heteroatoms. The van der Waals surface area contributed by atoms with Crippen LogP contribution in [0, 0.1) is 6.92 Å². The van der Waals surface area contributed by atoms with Gasteiger partial charge in [0.15, 0.2) is 0 Å². The second-order valence-electron chi connectivity index (χ2n) is 3.61. The van der Waals surface area contributed by atoms with Gasteiger partial charge in [-0.1, -0.05) is 0 Å². The highest BCUT2D eigenvalue weighted by Crippen LogP contribution is 2.09. The molecule has 94 valence electrons. The molecule has 1 heterocycles. The van der Waals surface area contributed by atoms with Crippen molar-refractivity contribution in [2.75, 3.05) is 10.5 Å². The lowest BCUT2D eigenvalue weighted by Crippen LogP contribution is -2.17. The first-order valence-corrected chi connectivity index (χ1v) is 6.69. The predicted octanol–water partition coefficient (Wildman–Crippen LogP) is 0.997. The van der Waals surface area contributed by atoms with E-state index in [1.807, 2.05) is 0 Å². The van der Waals surface area contributed by atoms with Crippen LogP contribution >= 0.6 is 0 Å². The van der Waals surface area contributed by atoms with Crippen LogP contribution in [0.25, 0.3) is 0 Å². The number of aryl methyl sites for hydroxylation is 1. The number of carboxylic acids is 1. The van der Waals surface area contributed by atoms with Gasteiger partial charge in [-0.15, -0.1) is 0 Å². The van der Waals surface area contributed by atoms with Gasteiger partial charge in [0.05, 0.1) is 17.6 Å². The fraction of sp³-hybridized carbons (Fsp3) is 0.400. The molecule has 1 rings (SSSR count). The Morgan fingerprint density at radius 3 is 2.71 bits per heavy atom. The number of aromatic nitrogens is 1. The maximum atomic E-state index is 11.5. The molecule has 2 N–H and O–H groups in total. The number of hydrogen-bond donors (Lipinski definition) is 2. The van der Waals surface area contributed by atoms with Crippen LogP contribution in [0.15, 0.2) is 18.3 Å². The molecule has 0 aliphatic heterocycles. The monoisotopic (exact) mass is 258 g/mol. The van der Waals surface area contributed by atoms with E-state index in [9.17, 15) is 13.2 Å². The van der Waals surface area contributed by atoms with Crippen molar-refractivity contribution < 1.29 is 18.3 Å². The molecule has 0 spiro atoms. The second kappa shape index (κ2) is 5.62. The van der Waals surface area contributed by atoms with Gasteiger partial charge in [-0.2, -0.15) is 0 Å². The molecular formula is C10H14N2O4S. The van der Waals surface area contributed by atoms with Crippen LogP contribution in [-0.2, 0) is 14.8 Å². The summed E-state index contributed by atoms with van der Waals surface area (Å²) in [6, 6.07) is 3.30. The zero-order chi connectivity index (χ0) is 12.9. The lowest BCUT2D eigenvalue weighted by atomic mass is 10.3. The summed E-state index contributed by atoms with van der Waals surface area (Å²) >= 11 is 0. The zero-order valence-electron chi connectivity index (χ0n) is 9.38. The van der Waals surface area contributed by atoms with Gasteiger partial charge >= 0.3 is 5.97 Å². The molecular weight excluding hydrogens is 244 g/mol. The summed E-state index contributed by atoms with van der Waals surface area (Å²) in [6.45, 7) is 1.80. The van der Waals surface area contributed by atoms with Gasteiger partial charge in [-0.3, -0.25) is 14.5 Å². The van der Waals surface area contributed by atoms with Crippen LogP contribution in [0.4, 0.5) is 5.69 Å².